The summed E-state index contributed by atoms with van der Waals surface area (Å²) in [5, 5.41) is 3.17. The van der Waals surface area contributed by atoms with Gasteiger partial charge in [0.05, 0.1) is 30.9 Å². The number of imidazole rings is 1. The van der Waals surface area contributed by atoms with Crippen molar-refractivity contribution in [2.45, 2.75) is 19.9 Å². The first-order valence-electron chi connectivity index (χ1n) is 8.32. The highest BCUT2D eigenvalue weighted by atomic mass is 16.5. The summed E-state index contributed by atoms with van der Waals surface area (Å²) >= 11 is 0. The van der Waals surface area contributed by atoms with E-state index in [0.717, 1.165) is 22.6 Å². The summed E-state index contributed by atoms with van der Waals surface area (Å²) in [4.78, 5) is 21.4. The van der Waals surface area contributed by atoms with Gasteiger partial charge in [0.15, 0.2) is 5.65 Å². The summed E-state index contributed by atoms with van der Waals surface area (Å²) in [6, 6.07) is 9.18. The molecule has 0 saturated heterocycles. The van der Waals surface area contributed by atoms with Crippen LogP contribution in [0, 0.1) is 6.92 Å². The van der Waals surface area contributed by atoms with Crippen molar-refractivity contribution in [1.29, 1.82) is 0 Å². The molecule has 1 aromatic carbocycles. The quantitative estimate of drug-likeness (QED) is 0.615. The van der Waals surface area contributed by atoms with Crippen molar-refractivity contribution in [2.75, 3.05) is 7.11 Å². The highest BCUT2D eigenvalue weighted by Gasteiger charge is 2.16. The summed E-state index contributed by atoms with van der Waals surface area (Å²) in [6.45, 7) is 3.95. The lowest BCUT2D eigenvalue weighted by Crippen LogP contribution is -2.18. The molecule has 3 heterocycles. The lowest BCUT2D eigenvalue weighted by atomic mass is 10.1. The fraction of sp³-hybridized carbons (Fsp3) is 0.211. The van der Waals surface area contributed by atoms with Gasteiger partial charge in [-0.3, -0.25) is 9.89 Å². The molecule has 0 aliphatic carbocycles. The van der Waals surface area contributed by atoms with E-state index in [1.54, 1.807) is 25.7 Å². The minimum absolute atomic E-state index is 0.0751. The Labute approximate surface area is 149 Å². The van der Waals surface area contributed by atoms with Crippen molar-refractivity contribution in [3.8, 4) is 17.0 Å². The van der Waals surface area contributed by atoms with Crippen LogP contribution >= 0.6 is 0 Å². The molecule has 7 heteroatoms. The molecule has 0 unspecified atom stereocenters. The Hall–Kier alpha value is -3.35. The maximum Gasteiger partial charge on any atom is 0.272 e. The fourth-order valence-corrected chi connectivity index (χ4v) is 3.07. The second-order valence-electron chi connectivity index (χ2n) is 6.20. The number of benzene rings is 1. The molecular formula is C19H19N5O2. The average Bonchev–Trinajstić information content (AvgIpc) is 3.30. The third-order valence-electron chi connectivity index (χ3n) is 4.65. The molecule has 132 valence electrons. The lowest BCUT2D eigenvalue weighted by Gasteiger charge is -2.12. The minimum Gasteiger partial charge on any atom is -0.497 e. The first-order chi connectivity index (χ1) is 12.6. The number of hydrogen-bond donors (Lipinski definition) is 1. The van der Waals surface area contributed by atoms with Gasteiger partial charge in [-0.1, -0.05) is 0 Å². The Morgan fingerprint density at radius 3 is 2.65 bits per heavy atom. The number of nitrogens with one attached hydrogen (secondary N) is 1. The third kappa shape index (κ3) is 2.57. The fourth-order valence-electron chi connectivity index (χ4n) is 3.07. The summed E-state index contributed by atoms with van der Waals surface area (Å²) in [7, 11) is 1.63. The Morgan fingerprint density at radius 1 is 1.23 bits per heavy atom. The van der Waals surface area contributed by atoms with Crippen LogP contribution in [0.15, 0.2) is 53.8 Å². The van der Waals surface area contributed by atoms with Crippen LogP contribution in [0.25, 0.3) is 16.9 Å². The van der Waals surface area contributed by atoms with E-state index < -0.39 is 0 Å². The Balaban J connectivity index is 1.84. The van der Waals surface area contributed by atoms with Gasteiger partial charge in [-0.25, -0.2) is 14.5 Å². The van der Waals surface area contributed by atoms with Crippen LogP contribution < -0.4 is 10.3 Å². The smallest absolute Gasteiger partial charge is 0.272 e. The molecule has 0 amide bonds. The van der Waals surface area contributed by atoms with Crippen molar-refractivity contribution in [2.24, 2.45) is 0 Å². The summed E-state index contributed by atoms with van der Waals surface area (Å²) in [5.74, 6) is 0.786. The van der Waals surface area contributed by atoms with E-state index in [1.807, 2.05) is 48.9 Å². The highest BCUT2D eigenvalue weighted by molar-refractivity contribution is 5.70. The van der Waals surface area contributed by atoms with Crippen molar-refractivity contribution >= 4 is 5.65 Å². The standard InChI is InChI=1S/C19H19N5O2/c1-12-18(14-4-6-15(26-3)7-5-14)22-24-17(25)10-16(21-19(12)24)13(2)23-9-8-20-11-23/h4-11,13,22H,1-3H3/t13-/m1/s1. The monoisotopic (exact) mass is 349 g/mol. The van der Waals surface area contributed by atoms with Crippen LogP contribution in [0.4, 0.5) is 0 Å². The predicted octanol–water partition coefficient (Wildman–Crippen LogP) is 2.81. The van der Waals surface area contributed by atoms with E-state index in [4.69, 9.17) is 9.72 Å². The first-order valence-corrected chi connectivity index (χ1v) is 8.32. The van der Waals surface area contributed by atoms with E-state index >= 15 is 0 Å². The zero-order valence-corrected chi connectivity index (χ0v) is 14.8. The number of hydrogen-bond acceptors (Lipinski definition) is 4. The van der Waals surface area contributed by atoms with Crippen molar-refractivity contribution in [3.05, 3.63) is 70.7 Å². The molecular weight excluding hydrogens is 330 g/mol. The van der Waals surface area contributed by atoms with E-state index in [9.17, 15) is 4.79 Å². The zero-order valence-electron chi connectivity index (χ0n) is 14.8. The highest BCUT2D eigenvalue weighted by Crippen LogP contribution is 2.26. The Kier molecular flexibility index (Phi) is 3.84. The zero-order chi connectivity index (χ0) is 18.3. The maximum atomic E-state index is 12.6. The number of rotatable bonds is 4. The number of aryl methyl sites for hydroxylation is 1. The van der Waals surface area contributed by atoms with Gasteiger partial charge in [0, 0.05) is 29.6 Å². The van der Waals surface area contributed by atoms with E-state index in [-0.39, 0.29) is 11.6 Å². The molecule has 0 aliphatic heterocycles. The van der Waals surface area contributed by atoms with E-state index in [1.165, 1.54) is 4.52 Å². The number of ether oxygens (including phenoxy) is 1. The van der Waals surface area contributed by atoms with Crippen LogP contribution in [0.3, 0.4) is 0 Å². The normalized spacial score (nSPS) is 12.4. The van der Waals surface area contributed by atoms with Crippen LogP contribution in [0.1, 0.15) is 24.2 Å². The average molecular weight is 349 g/mol. The summed E-state index contributed by atoms with van der Waals surface area (Å²) in [6.07, 6.45) is 5.30. The van der Waals surface area contributed by atoms with Gasteiger partial charge in [-0.2, -0.15) is 0 Å². The van der Waals surface area contributed by atoms with Crippen LogP contribution in [-0.2, 0) is 0 Å². The summed E-state index contributed by atoms with van der Waals surface area (Å²) < 4.78 is 8.61. The molecule has 0 bridgehead atoms. The van der Waals surface area contributed by atoms with Gasteiger partial charge in [-0.05, 0) is 38.1 Å². The van der Waals surface area contributed by atoms with Crippen LogP contribution in [0.2, 0.25) is 0 Å². The molecule has 7 nitrogen and oxygen atoms in total. The second kappa shape index (κ2) is 6.18. The third-order valence-corrected chi connectivity index (χ3v) is 4.65. The Morgan fingerprint density at radius 2 is 2.00 bits per heavy atom. The van der Waals surface area contributed by atoms with Crippen LogP contribution in [-0.4, -0.2) is 31.3 Å². The molecule has 0 radical (unpaired) electrons. The molecule has 4 aromatic rings. The van der Waals surface area contributed by atoms with Crippen molar-refractivity contribution in [3.63, 3.8) is 0 Å². The van der Waals surface area contributed by atoms with E-state index in [0.29, 0.717) is 11.3 Å². The minimum atomic E-state index is -0.139. The van der Waals surface area contributed by atoms with Gasteiger partial charge >= 0.3 is 0 Å². The van der Waals surface area contributed by atoms with Crippen molar-refractivity contribution < 1.29 is 4.74 Å². The molecule has 4 rings (SSSR count). The number of aromatic nitrogens is 5. The van der Waals surface area contributed by atoms with Crippen molar-refractivity contribution in [1.82, 2.24) is 24.1 Å². The van der Waals surface area contributed by atoms with Gasteiger partial charge in [0.2, 0.25) is 0 Å². The number of nitrogens with zero attached hydrogens (tertiary/aromatic N) is 4. The predicted molar refractivity (Wildman–Crippen MR) is 98.6 cm³/mol. The molecule has 0 aliphatic rings. The maximum absolute atomic E-state index is 12.6. The molecule has 26 heavy (non-hydrogen) atoms. The van der Waals surface area contributed by atoms with E-state index in [2.05, 4.69) is 10.1 Å². The second-order valence-corrected chi connectivity index (χ2v) is 6.20. The molecule has 1 N–H and O–H groups in total. The number of fused-ring (bicyclic) bond motifs is 1. The van der Waals surface area contributed by atoms with Gasteiger partial charge in [0.25, 0.3) is 5.56 Å². The largest absolute Gasteiger partial charge is 0.497 e. The molecule has 0 spiro atoms. The molecule has 3 aromatic heterocycles. The molecule has 1 atom stereocenters. The first kappa shape index (κ1) is 16.1. The van der Waals surface area contributed by atoms with Gasteiger partial charge in [0.1, 0.15) is 5.75 Å². The topological polar surface area (TPSA) is 77.2 Å². The lowest BCUT2D eigenvalue weighted by molar-refractivity contribution is 0.415. The molecule has 0 saturated carbocycles. The number of methoxy groups -OCH3 is 1. The van der Waals surface area contributed by atoms with Crippen LogP contribution in [0.5, 0.6) is 5.75 Å². The van der Waals surface area contributed by atoms with Gasteiger partial charge in [-0.15, -0.1) is 0 Å². The SMILES string of the molecule is COc1ccc(-c2[nH]n3c(=O)cc([C@@H](C)n4ccnc4)nc3c2C)cc1. The van der Waals surface area contributed by atoms with Gasteiger partial charge < -0.3 is 9.30 Å². The number of H-pyrrole nitrogens is 1. The number of aromatic amines is 1. The summed E-state index contributed by atoms with van der Waals surface area (Å²) in [5.41, 5.74) is 3.95. The Bertz CT molecular complexity index is 1110. The molecule has 0 fully saturated rings.